The summed E-state index contributed by atoms with van der Waals surface area (Å²) in [5, 5.41) is 11.9. The first kappa shape index (κ1) is 24.8. The van der Waals surface area contributed by atoms with Gasteiger partial charge in [-0.3, -0.25) is 19.3 Å². The van der Waals surface area contributed by atoms with Crippen molar-refractivity contribution >= 4 is 17.1 Å². The second-order valence-electron chi connectivity index (χ2n) is 8.49. The van der Waals surface area contributed by atoms with E-state index in [0.717, 1.165) is 33.0 Å². The van der Waals surface area contributed by atoms with Gasteiger partial charge in [-0.05, 0) is 48.6 Å². The summed E-state index contributed by atoms with van der Waals surface area (Å²) in [4.78, 5) is 35.1. The number of aromatic nitrogens is 3. The molecule has 0 bridgehead atoms. The highest BCUT2D eigenvalue weighted by Gasteiger charge is 2.15. The highest BCUT2D eigenvalue weighted by molar-refractivity contribution is 5.84. The molecule has 2 aromatic carbocycles. The van der Waals surface area contributed by atoms with Crippen molar-refractivity contribution in [3.8, 4) is 17.4 Å². The summed E-state index contributed by atoms with van der Waals surface area (Å²) in [5.74, 6) is 0.763. The van der Waals surface area contributed by atoms with Crippen LogP contribution in [-0.2, 0) is 19.4 Å². The Morgan fingerprint density at radius 2 is 1.89 bits per heavy atom. The Bertz CT molecular complexity index is 1500. The molecule has 4 aromatic rings. The first-order chi connectivity index (χ1) is 17.4. The van der Waals surface area contributed by atoms with Gasteiger partial charge in [0.05, 0.1) is 20.3 Å². The standard InChI is InChI=1S/C27H30N4O5/c1-4-19(14-18-15-29-22-8-6-5-7-20(18)22)28-16-21-25(32)30-27(34)31(26(21)33)12-11-17-9-10-23(35-2)24(13-17)36-3/h5-10,13,15-16,19,29,33H,4,11-12,14H2,1-3H3,(H,30,32,34). The number of benzene rings is 2. The summed E-state index contributed by atoms with van der Waals surface area (Å²) in [6.45, 7) is 2.18. The van der Waals surface area contributed by atoms with Crippen LogP contribution in [0.1, 0.15) is 30.0 Å². The molecule has 9 nitrogen and oxygen atoms in total. The van der Waals surface area contributed by atoms with Gasteiger partial charge in [0.15, 0.2) is 11.5 Å². The van der Waals surface area contributed by atoms with E-state index in [1.807, 2.05) is 43.5 Å². The van der Waals surface area contributed by atoms with Gasteiger partial charge in [-0.25, -0.2) is 4.79 Å². The predicted molar refractivity (Wildman–Crippen MR) is 140 cm³/mol. The summed E-state index contributed by atoms with van der Waals surface area (Å²) < 4.78 is 11.7. The topological polar surface area (TPSA) is 122 Å². The van der Waals surface area contributed by atoms with E-state index in [-0.39, 0.29) is 18.2 Å². The monoisotopic (exact) mass is 490 g/mol. The molecule has 188 valence electrons. The van der Waals surface area contributed by atoms with Gasteiger partial charge in [-0.15, -0.1) is 0 Å². The van der Waals surface area contributed by atoms with Gasteiger partial charge < -0.3 is 19.6 Å². The smallest absolute Gasteiger partial charge is 0.331 e. The molecule has 0 aliphatic heterocycles. The fourth-order valence-electron chi connectivity index (χ4n) is 4.21. The van der Waals surface area contributed by atoms with Crippen molar-refractivity contribution in [2.75, 3.05) is 14.2 Å². The van der Waals surface area contributed by atoms with E-state index >= 15 is 0 Å². The van der Waals surface area contributed by atoms with Crippen molar-refractivity contribution in [2.24, 2.45) is 4.99 Å². The lowest BCUT2D eigenvalue weighted by molar-refractivity contribution is 0.354. The minimum atomic E-state index is -0.680. The SMILES string of the molecule is CCC(Cc1c[nH]c2ccccc12)N=Cc1c(O)n(CCc2ccc(OC)c(OC)c2)c(=O)[nH]c1=O. The second kappa shape index (κ2) is 11.0. The van der Waals surface area contributed by atoms with Crippen molar-refractivity contribution in [1.29, 1.82) is 0 Å². The Hall–Kier alpha value is -4.27. The Morgan fingerprint density at radius 1 is 1.11 bits per heavy atom. The maximum absolute atomic E-state index is 12.5. The fraction of sp³-hybridized carbons (Fsp3) is 0.296. The van der Waals surface area contributed by atoms with E-state index in [4.69, 9.17) is 9.47 Å². The third kappa shape index (κ3) is 5.19. The number of aryl methyl sites for hydroxylation is 1. The average Bonchev–Trinajstić information content (AvgIpc) is 3.30. The van der Waals surface area contributed by atoms with Crippen LogP contribution in [0.3, 0.4) is 0 Å². The molecule has 0 amide bonds. The van der Waals surface area contributed by atoms with E-state index in [9.17, 15) is 14.7 Å². The number of nitrogens with zero attached hydrogens (tertiary/aromatic N) is 2. The second-order valence-corrected chi connectivity index (χ2v) is 8.49. The highest BCUT2D eigenvalue weighted by Crippen LogP contribution is 2.28. The molecule has 1 unspecified atom stereocenters. The normalized spacial score (nSPS) is 12.3. The van der Waals surface area contributed by atoms with Crippen LogP contribution in [-0.4, -0.2) is 46.1 Å². The molecular weight excluding hydrogens is 460 g/mol. The number of fused-ring (bicyclic) bond motifs is 1. The molecule has 1 atom stereocenters. The maximum atomic E-state index is 12.5. The van der Waals surface area contributed by atoms with Crippen LogP contribution in [0.15, 0.2) is 63.2 Å². The molecule has 0 aliphatic carbocycles. The van der Waals surface area contributed by atoms with Crippen LogP contribution in [0.4, 0.5) is 0 Å². The number of aromatic hydroxyl groups is 1. The number of hydrogen-bond acceptors (Lipinski definition) is 6. The number of H-pyrrole nitrogens is 2. The molecule has 4 rings (SSSR count). The first-order valence-corrected chi connectivity index (χ1v) is 11.8. The lowest BCUT2D eigenvalue weighted by Gasteiger charge is -2.12. The van der Waals surface area contributed by atoms with E-state index in [2.05, 4.69) is 21.0 Å². The third-order valence-corrected chi connectivity index (χ3v) is 6.30. The van der Waals surface area contributed by atoms with Gasteiger partial charge >= 0.3 is 5.69 Å². The zero-order valence-corrected chi connectivity index (χ0v) is 20.6. The number of nitrogens with one attached hydrogen (secondary N) is 2. The average molecular weight is 491 g/mol. The molecule has 0 fully saturated rings. The molecule has 9 heteroatoms. The van der Waals surface area contributed by atoms with Gasteiger partial charge in [-0.1, -0.05) is 31.2 Å². The number of para-hydroxylation sites is 1. The van der Waals surface area contributed by atoms with Crippen LogP contribution in [0.5, 0.6) is 17.4 Å². The summed E-state index contributed by atoms with van der Waals surface area (Å²) >= 11 is 0. The predicted octanol–water partition coefficient (Wildman–Crippen LogP) is 3.42. The zero-order chi connectivity index (χ0) is 25.7. The Morgan fingerprint density at radius 3 is 2.64 bits per heavy atom. The number of rotatable bonds is 10. The van der Waals surface area contributed by atoms with E-state index in [0.29, 0.717) is 24.3 Å². The van der Waals surface area contributed by atoms with Gasteiger partial charge in [-0.2, -0.15) is 0 Å². The van der Waals surface area contributed by atoms with Crippen molar-refractivity contribution in [2.45, 2.75) is 38.8 Å². The molecule has 3 N–H and O–H groups in total. The lowest BCUT2D eigenvalue weighted by atomic mass is 10.0. The Labute approximate surface area is 208 Å². The van der Waals surface area contributed by atoms with E-state index < -0.39 is 17.1 Å². The lowest BCUT2D eigenvalue weighted by Crippen LogP contribution is -2.32. The summed E-state index contributed by atoms with van der Waals surface area (Å²) in [6.07, 6.45) is 5.18. The molecule has 0 saturated heterocycles. The molecule has 2 heterocycles. The highest BCUT2D eigenvalue weighted by atomic mass is 16.5. The summed E-state index contributed by atoms with van der Waals surface area (Å²) in [6, 6.07) is 13.4. The largest absolute Gasteiger partial charge is 0.494 e. The number of methoxy groups -OCH3 is 2. The van der Waals surface area contributed by atoms with Crippen molar-refractivity contribution in [3.05, 3.63) is 86.2 Å². The minimum Gasteiger partial charge on any atom is -0.494 e. The Kier molecular flexibility index (Phi) is 7.58. The van der Waals surface area contributed by atoms with Crippen molar-refractivity contribution < 1.29 is 14.6 Å². The third-order valence-electron chi connectivity index (χ3n) is 6.30. The van der Waals surface area contributed by atoms with Crippen LogP contribution < -0.4 is 20.7 Å². The Balaban J connectivity index is 1.55. The zero-order valence-electron chi connectivity index (χ0n) is 20.6. The number of ether oxygens (including phenoxy) is 2. The van der Waals surface area contributed by atoms with E-state index in [1.54, 1.807) is 20.3 Å². The molecule has 36 heavy (non-hydrogen) atoms. The molecule has 0 aliphatic rings. The van der Waals surface area contributed by atoms with Crippen LogP contribution in [0.2, 0.25) is 0 Å². The quantitative estimate of drug-likeness (QED) is 0.294. The number of hydrogen-bond donors (Lipinski definition) is 3. The number of aliphatic imine (C=N–C) groups is 1. The van der Waals surface area contributed by atoms with Crippen molar-refractivity contribution in [1.82, 2.24) is 14.5 Å². The van der Waals surface area contributed by atoms with Crippen LogP contribution in [0, 0.1) is 0 Å². The molecule has 0 saturated carbocycles. The minimum absolute atomic E-state index is 0.0423. The molecule has 0 radical (unpaired) electrons. The molecular formula is C27H30N4O5. The maximum Gasteiger partial charge on any atom is 0.331 e. The van der Waals surface area contributed by atoms with Gasteiger partial charge in [0.1, 0.15) is 5.56 Å². The van der Waals surface area contributed by atoms with Crippen LogP contribution in [0.25, 0.3) is 10.9 Å². The molecule has 2 aromatic heterocycles. The summed E-state index contributed by atoms with van der Waals surface area (Å²) in [5.41, 5.74) is 1.67. The first-order valence-electron chi connectivity index (χ1n) is 11.8. The van der Waals surface area contributed by atoms with E-state index in [1.165, 1.54) is 6.21 Å². The van der Waals surface area contributed by atoms with Crippen molar-refractivity contribution in [3.63, 3.8) is 0 Å². The number of aromatic amines is 2. The van der Waals surface area contributed by atoms with Gasteiger partial charge in [0.2, 0.25) is 5.88 Å². The van der Waals surface area contributed by atoms with Gasteiger partial charge in [0.25, 0.3) is 5.56 Å². The van der Waals surface area contributed by atoms with Crippen LogP contribution >= 0.6 is 0 Å². The summed E-state index contributed by atoms with van der Waals surface area (Å²) in [7, 11) is 3.11. The molecule has 0 spiro atoms. The fourth-order valence-corrected chi connectivity index (χ4v) is 4.21. The van der Waals surface area contributed by atoms with Gasteiger partial charge in [0, 0.05) is 29.9 Å².